The number of amides is 2. The van der Waals surface area contributed by atoms with Crippen molar-refractivity contribution in [3.05, 3.63) is 17.5 Å². The molecule has 0 radical (unpaired) electrons. The number of hydrogen-bond donors (Lipinski definition) is 1. The first kappa shape index (κ1) is 23.2. The highest BCUT2D eigenvalue weighted by Gasteiger charge is 2.48. The first-order valence-electron chi connectivity index (χ1n) is 11.4. The molecule has 0 spiro atoms. The molecule has 2 heterocycles. The average molecular weight is 435 g/mol. The van der Waals surface area contributed by atoms with Gasteiger partial charge in [-0.15, -0.1) is 0 Å². The zero-order valence-corrected chi connectivity index (χ0v) is 18.8. The molecular formula is C22H34N4O5. The van der Waals surface area contributed by atoms with Gasteiger partial charge in [0.25, 0.3) is 5.91 Å². The molecule has 1 unspecified atom stereocenters. The number of nitrogens with one attached hydrogen (secondary N) is 1. The van der Waals surface area contributed by atoms with Gasteiger partial charge in [0.1, 0.15) is 11.2 Å². The van der Waals surface area contributed by atoms with Gasteiger partial charge in [0.05, 0.1) is 13.2 Å². The van der Waals surface area contributed by atoms with Gasteiger partial charge in [-0.2, -0.15) is 5.10 Å². The molecule has 1 atom stereocenters. The Morgan fingerprint density at radius 3 is 2.65 bits per heavy atom. The number of ether oxygens (including phenoxy) is 2. The molecule has 1 aromatic rings. The molecule has 1 aliphatic carbocycles. The van der Waals surface area contributed by atoms with E-state index in [0.717, 1.165) is 25.7 Å². The monoisotopic (exact) mass is 434 g/mol. The molecular weight excluding hydrogens is 400 g/mol. The smallest absolute Gasteiger partial charge is 0.358 e. The fourth-order valence-electron chi connectivity index (χ4n) is 4.35. The number of aromatic nitrogens is 2. The third kappa shape index (κ3) is 5.08. The van der Waals surface area contributed by atoms with Crippen LogP contribution in [0, 0.1) is 0 Å². The van der Waals surface area contributed by atoms with Crippen LogP contribution in [0.25, 0.3) is 0 Å². The molecule has 1 saturated carbocycles. The van der Waals surface area contributed by atoms with Crippen molar-refractivity contribution >= 4 is 17.8 Å². The molecule has 31 heavy (non-hydrogen) atoms. The minimum Gasteiger partial charge on any atom is -0.461 e. The van der Waals surface area contributed by atoms with E-state index in [1.54, 1.807) is 18.7 Å². The van der Waals surface area contributed by atoms with Crippen molar-refractivity contribution in [2.45, 2.75) is 77.4 Å². The molecule has 1 N–H and O–H groups in total. The van der Waals surface area contributed by atoms with E-state index < -0.39 is 11.5 Å². The van der Waals surface area contributed by atoms with Crippen molar-refractivity contribution < 1.29 is 23.9 Å². The topological polar surface area (TPSA) is 103 Å². The van der Waals surface area contributed by atoms with Crippen LogP contribution in [-0.4, -0.2) is 70.4 Å². The first-order valence-corrected chi connectivity index (χ1v) is 11.4. The Kier molecular flexibility index (Phi) is 7.69. The molecule has 2 amide bonds. The van der Waals surface area contributed by atoms with E-state index in [1.165, 1.54) is 17.2 Å². The second-order valence-corrected chi connectivity index (χ2v) is 8.38. The number of nitrogens with zero attached hydrogens (tertiary/aromatic N) is 3. The van der Waals surface area contributed by atoms with E-state index in [-0.39, 0.29) is 36.7 Å². The van der Waals surface area contributed by atoms with E-state index in [1.807, 2.05) is 6.92 Å². The lowest BCUT2D eigenvalue weighted by Gasteiger charge is -2.44. The van der Waals surface area contributed by atoms with Crippen LogP contribution >= 0.6 is 0 Å². The number of esters is 1. The van der Waals surface area contributed by atoms with Crippen LogP contribution in [0.3, 0.4) is 0 Å². The number of carbonyl (C=O) groups is 3. The van der Waals surface area contributed by atoms with Gasteiger partial charge in [0.2, 0.25) is 5.91 Å². The summed E-state index contributed by atoms with van der Waals surface area (Å²) < 4.78 is 11.9. The second kappa shape index (κ2) is 10.3. The van der Waals surface area contributed by atoms with Crippen molar-refractivity contribution in [1.82, 2.24) is 20.0 Å². The van der Waals surface area contributed by atoms with E-state index in [2.05, 4.69) is 10.4 Å². The minimum absolute atomic E-state index is 0.0800. The maximum Gasteiger partial charge on any atom is 0.358 e. The summed E-state index contributed by atoms with van der Waals surface area (Å²) in [5, 5.41) is 7.44. The first-order chi connectivity index (χ1) is 14.9. The fourth-order valence-corrected chi connectivity index (χ4v) is 4.35. The number of carbonyl (C=O) groups excluding carboxylic acids is 3. The highest BCUT2D eigenvalue weighted by molar-refractivity contribution is 6.01. The Hall–Kier alpha value is -2.42. The third-order valence-corrected chi connectivity index (χ3v) is 6.09. The van der Waals surface area contributed by atoms with Crippen LogP contribution in [0.15, 0.2) is 6.07 Å². The highest BCUT2D eigenvalue weighted by atomic mass is 16.5. The van der Waals surface area contributed by atoms with E-state index >= 15 is 0 Å². The Morgan fingerprint density at radius 2 is 1.97 bits per heavy atom. The summed E-state index contributed by atoms with van der Waals surface area (Å²) in [5.74, 6) is -1.07. The lowest BCUT2D eigenvalue weighted by Crippen LogP contribution is -2.65. The van der Waals surface area contributed by atoms with Gasteiger partial charge in [0, 0.05) is 31.9 Å². The third-order valence-electron chi connectivity index (χ3n) is 6.09. The van der Waals surface area contributed by atoms with Crippen LogP contribution in [0.5, 0.6) is 0 Å². The lowest BCUT2D eigenvalue weighted by molar-refractivity contribution is -0.134. The van der Waals surface area contributed by atoms with Crippen molar-refractivity contribution in [3.8, 4) is 0 Å². The summed E-state index contributed by atoms with van der Waals surface area (Å²) in [4.78, 5) is 40.5. The van der Waals surface area contributed by atoms with Crippen molar-refractivity contribution in [1.29, 1.82) is 0 Å². The van der Waals surface area contributed by atoms with Crippen molar-refractivity contribution in [2.24, 2.45) is 0 Å². The SMILES string of the molecule is CCOCCCN1C(=O)c2cc(C(=O)OCC)nn2CC1(C)C(=O)NC1CCCCC1. The van der Waals surface area contributed by atoms with Gasteiger partial charge in [-0.3, -0.25) is 14.3 Å². The Bertz CT molecular complexity index is 802. The Morgan fingerprint density at radius 1 is 1.23 bits per heavy atom. The van der Waals surface area contributed by atoms with Gasteiger partial charge < -0.3 is 19.7 Å². The van der Waals surface area contributed by atoms with Crippen LogP contribution in [-0.2, 0) is 20.8 Å². The molecule has 2 aliphatic rings. The summed E-state index contributed by atoms with van der Waals surface area (Å²) in [6.07, 6.45) is 5.93. The van der Waals surface area contributed by atoms with Crippen molar-refractivity contribution in [3.63, 3.8) is 0 Å². The predicted octanol–water partition coefficient (Wildman–Crippen LogP) is 2.15. The maximum atomic E-state index is 13.4. The normalized spacial score (nSPS) is 21.6. The molecule has 9 nitrogen and oxygen atoms in total. The van der Waals surface area contributed by atoms with Gasteiger partial charge in [0.15, 0.2) is 5.69 Å². The van der Waals surface area contributed by atoms with E-state index in [4.69, 9.17) is 9.47 Å². The molecule has 172 valence electrons. The van der Waals surface area contributed by atoms with E-state index in [9.17, 15) is 14.4 Å². The zero-order chi connectivity index (χ0) is 22.4. The molecule has 9 heteroatoms. The Labute approximate surface area is 183 Å². The number of rotatable bonds is 9. The summed E-state index contributed by atoms with van der Waals surface area (Å²) >= 11 is 0. The quantitative estimate of drug-likeness (QED) is 0.472. The standard InChI is InChI=1S/C22H34N4O5/c1-4-30-13-9-12-25-19(27)18-14-17(20(28)31-5-2)24-26(18)15-22(25,3)21(29)23-16-10-7-6-8-11-16/h14,16H,4-13,15H2,1-3H3,(H,23,29). The summed E-state index contributed by atoms with van der Waals surface area (Å²) in [6.45, 7) is 7.30. The van der Waals surface area contributed by atoms with Crippen LogP contribution in [0.2, 0.25) is 0 Å². The molecule has 1 aromatic heterocycles. The fraction of sp³-hybridized carbons (Fsp3) is 0.727. The predicted molar refractivity (Wildman–Crippen MR) is 114 cm³/mol. The second-order valence-electron chi connectivity index (χ2n) is 8.38. The largest absolute Gasteiger partial charge is 0.461 e. The van der Waals surface area contributed by atoms with Gasteiger partial charge in [-0.05, 0) is 40.0 Å². The highest BCUT2D eigenvalue weighted by Crippen LogP contribution is 2.29. The average Bonchev–Trinajstić information content (AvgIpc) is 3.18. The van der Waals surface area contributed by atoms with Gasteiger partial charge in [-0.1, -0.05) is 19.3 Å². The number of fused-ring (bicyclic) bond motifs is 1. The maximum absolute atomic E-state index is 13.4. The number of hydrogen-bond acceptors (Lipinski definition) is 6. The van der Waals surface area contributed by atoms with E-state index in [0.29, 0.717) is 31.9 Å². The van der Waals surface area contributed by atoms with Gasteiger partial charge >= 0.3 is 5.97 Å². The molecule has 3 rings (SSSR count). The molecule has 0 saturated heterocycles. The zero-order valence-electron chi connectivity index (χ0n) is 18.8. The van der Waals surface area contributed by atoms with Crippen molar-refractivity contribution in [2.75, 3.05) is 26.4 Å². The Balaban J connectivity index is 1.86. The molecule has 0 bridgehead atoms. The summed E-state index contributed by atoms with van der Waals surface area (Å²) in [6, 6.07) is 1.58. The molecule has 1 aliphatic heterocycles. The van der Waals surface area contributed by atoms with Gasteiger partial charge in [-0.25, -0.2) is 4.79 Å². The van der Waals surface area contributed by atoms with Crippen LogP contribution < -0.4 is 5.32 Å². The molecule has 0 aromatic carbocycles. The summed E-state index contributed by atoms with van der Waals surface area (Å²) in [5.41, 5.74) is -0.732. The van der Waals surface area contributed by atoms with Crippen LogP contribution in [0.4, 0.5) is 0 Å². The summed E-state index contributed by atoms with van der Waals surface area (Å²) in [7, 11) is 0. The minimum atomic E-state index is -1.11. The van der Waals surface area contributed by atoms with Crippen LogP contribution in [0.1, 0.15) is 80.3 Å². The molecule has 1 fully saturated rings. The lowest BCUT2D eigenvalue weighted by atomic mass is 9.91.